The molecule has 3 aromatic rings. The molecular formula is C17H20N4O2. The first kappa shape index (κ1) is 15.3. The Morgan fingerprint density at radius 3 is 2.87 bits per heavy atom. The minimum absolute atomic E-state index is 0.170. The number of methoxy groups -OCH3 is 1. The van der Waals surface area contributed by atoms with Crippen LogP contribution in [0.1, 0.15) is 24.2 Å². The fourth-order valence-corrected chi connectivity index (χ4v) is 2.48. The average molecular weight is 312 g/mol. The monoisotopic (exact) mass is 312 g/mol. The standard InChI is InChI=1S/C17H20N4O2/c1-13(15-8-9-23-19-15)20(2)11-14-10-18-21(12-14)16-6-4-5-7-17(16)22-3/h4-10,12-13H,11H2,1-3H3/t13-/m0/s1. The van der Waals surface area contributed by atoms with E-state index in [1.54, 1.807) is 13.4 Å². The van der Waals surface area contributed by atoms with Crippen molar-refractivity contribution in [1.82, 2.24) is 19.8 Å². The molecule has 2 heterocycles. The van der Waals surface area contributed by atoms with Gasteiger partial charge >= 0.3 is 0 Å². The summed E-state index contributed by atoms with van der Waals surface area (Å²) in [6.07, 6.45) is 5.49. The summed E-state index contributed by atoms with van der Waals surface area (Å²) >= 11 is 0. The SMILES string of the molecule is COc1ccccc1-n1cc(CN(C)[C@@H](C)c2ccon2)cn1. The van der Waals surface area contributed by atoms with Gasteiger partial charge in [-0.3, -0.25) is 4.90 Å². The van der Waals surface area contributed by atoms with E-state index in [9.17, 15) is 0 Å². The zero-order valence-electron chi connectivity index (χ0n) is 13.5. The molecule has 0 N–H and O–H groups in total. The Bertz CT molecular complexity index is 752. The van der Waals surface area contributed by atoms with Gasteiger partial charge in [0.15, 0.2) is 0 Å². The van der Waals surface area contributed by atoms with E-state index in [4.69, 9.17) is 9.26 Å². The van der Waals surface area contributed by atoms with Crippen LogP contribution in [0.4, 0.5) is 0 Å². The molecule has 0 fully saturated rings. The summed E-state index contributed by atoms with van der Waals surface area (Å²) in [5, 5.41) is 8.45. The highest BCUT2D eigenvalue weighted by atomic mass is 16.5. The predicted molar refractivity (Wildman–Crippen MR) is 86.5 cm³/mol. The summed E-state index contributed by atoms with van der Waals surface area (Å²) in [4.78, 5) is 2.20. The molecule has 23 heavy (non-hydrogen) atoms. The highest BCUT2D eigenvalue weighted by Crippen LogP contribution is 2.23. The van der Waals surface area contributed by atoms with Gasteiger partial charge in [-0.25, -0.2) is 4.68 Å². The van der Waals surface area contributed by atoms with Crippen LogP contribution in [-0.4, -0.2) is 34.0 Å². The zero-order valence-corrected chi connectivity index (χ0v) is 13.5. The molecule has 0 radical (unpaired) electrons. The quantitative estimate of drug-likeness (QED) is 0.700. The molecule has 120 valence electrons. The first-order valence-electron chi connectivity index (χ1n) is 7.46. The third kappa shape index (κ3) is 3.27. The topological polar surface area (TPSA) is 56.3 Å². The van der Waals surface area contributed by atoms with Gasteiger partial charge in [0.1, 0.15) is 23.4 Å². The van der Waals surface area contributed by atoms with Crippen molar-refractivity contribution < 1.29 is 9.26 Å². The molecule has 0 bridgehead atoms. The Balaban J connectivity index is 1.74. The Kier molecular flexibility index (Phi) is 4.43. The summed E-state index contributed by atoms with van der Waals surface area (Å²) in [5.41, 5.74) is 2.96. The van der Waals surface area contributed by atoms with E-state index < -0.39 is 0 Å². The van der Waals surface area contributed by atoms with Crippen molar-refractivity contribution in [3.05, 3.63) is 60.2 Å². The normalized spacial score (nSPS) is 12.5. The van der Waals surface area contributed by atoms with Gasteiger partial charge in [-0.2, -0.15) is 5.10 Å². The molecule has 1 atom stereocenters. The number of para-hydroxylation sites is 2. The molecule has 0 spiro atoms. The number of rotatable bonds is 6. The summed E-state index contributed by atoms with van der Waals surface area (Å²) < 4.78 is 12.1. The number of hydrogen-bond donors (Lipinski definition) is 0. The lowest BCUT2D eigenvalue weighted by atomic mass is 10.2. The van der Waals surface area contributed by atoms with Crippen molar-refractivity contribution >= 4 is 0 Å². The van der Waals surface area contributed by atoms with E-state index in [0.717, 1.165) is 29.2 Å². The second-order valence-corrected chi connectivity index (χ2v) is 5.48. The maximum absolute atomic E-state index is 5.39. The Morgan fingerprint density at radius 2 is 2.13 bits per heavy atom. The average Bonchev–Trinajstić information content (AvgIpc) is 3.26. The van der Waals surface area contributed by atoms with Crippen LogP contribution < -0.4 is 4.74 Å². The number of ether oxygens (including phenoxy) is 1. The highest BCUT2D eigenvalue weighted by molar-refractivity contribution is 5.46. The lowest BCUT2D eigenvalue weighted by molar-refractivity contribution is 0.241. The van der Waals surface area contributed by atoms with Crippen LogP contribution in [-0.2, 0) is 6.54 Å². The van der Waals surface area contributed by atoms with Crippen LogP contribution in [0.5, 0.6) is 5.75 Å². The molecular weight excluding hydrogens is 292 g/mol. The summed E-state index contributed by atoms with van der Waals surface area (Å²) in [5.74, 6) is 0.798. The van der Waals surface area contributed by atoms with Crippen molar-refractivity contribution in [2.24, 2.45) is 0 Å². The number of hydrogen-bond acceptors (Lipinski definition) is 5. The van der Waals surface area contributed by atoms with Crippen LogP contribution in [0.15, 0.2) is 53.5 Å². The minimum Gasteiger partial charge on any atom is -0.494 e. The molecule has 0 aliphatic rings. The van der Waals surface area contributed by atoms with Crippen molar-refractivity contribution in [3.8, 4) is 11.4 Å². The van der Waals surface area contributed by atoms with E-state index in [1.165, 1.54) is 0 Å². The first-order chi connectivity index (χ1) is 11.2. The number of benzene rings is 1. The van der Waals surface area contributed by atoms with Gasteiger partial charge in [0.05, 0.1) is 19.3 Å². The lowest BCUT2D eigenvalue weighted by Crippen LogP contribution is -2.21. The van der Waals surface area contributed by atoms with Gasteiger partial charge in [0.25, 0.3) is 0 Å². The maximum atomic E-state index is 5.39. The van der Waals surface area contributed by atoms with Crippen LogP contribution >= 0.6 is 0 Å². The third-order valence-electron chi connectivity index (χ3n) is 3.95. The summed E-state index contributed by atoms with van der Waals surface area (Å²) in [7, 11) is 3.72. The van der Waals surface area contributed by atoms with Crippen LogP contribution in [0, 0.1) is 0 Å². The summed E-state index contributed by atoms with van der Waals surface area (Å²) in [6, 6.07) is 9.88. The number of nitrogens with zero attached hydrogens (tertiary/aromatic N) is 4. The van der Waals surface area contributed by atoms with Gasteiger partial charge in [-0.05, 0) is 26.1 Å². The van der Waals surface area contributed by atoms with Crippen molar-refractivity contribution in [3.63, 3.8) is 0 Å². The predicted octanol–water partition coefficient (Wildman–Crippen LogP) is 3.06. The van der Waals surface area contributed by atoms with Crippen LogP contribution in [0.25, 0.3) is 5.69 Å². The Labute approximate surface area is 135 Å². The fourth-order valence-electron chi connectivity index (χ4n) is 2.48. The molecule has 1 aromatic carbocycles. The molecule has 2 aromatic heterocycles. The Morgan fingerprint density at radius 1 is 1.30 bits per heavy atom. The van der Waals surface area contributed by atoms with Gasteiger partial charge in [0, 0.05) is 24.4 Å². The molecule has 6 heteroatoms. The van der Waals surface area contributed by atoms with Crippen molar-refractivity contribution in [1.29, 1.82) is 0 Å². The Hall–Kier alpha value is -2.60. The van der Waals surface area contributed by atoms with Gasteiger partial charge in [0.2, 0.25) is 0 Å². The van der Waals surface area contributed by atoms with E-state index in [1.807, 2.05) is 47.4 Å². The molecule has 6 nitrogen and oxygen atoms in total. The van der Waals surface area contributed by atoms with Crippen molar-refractivity contribution in [2.75, 3.05) is 14.2 Å². The molecule has 0 saturated carbocycles. The molecule has 0 amide bonds. The van der Waals surface area contributed by atoms with Crippen LogP contribution in [0.2, 0.25) is 0 Å². The van der Waals surface area contributed by atoms with Gasteiger partial charge in [-0.1, -0.05) is 17.3 Å². The van der Waals surface area contributed by atoms with Crippen LogP contribution in [0.3, 0.4) is 0 Å². The van der Waals surface area contributed by atoms with Crippen molar-refractivity contribution in [2.45, 2.75) is 19.5 Å². The minimum atomic E-state index is 0.170. The van der Waals surface area contributed by atoms with E-state index in [-0.39, 0.29) is 6.04 Å². The molecule has 0 aliphatic heterocycles. The lowest BCUT2D eigenvalue weighted by Gasteiger charge is -2.21. The van der Waals surface area contributed by atoms with E-state index in [0.29, 0.717) is 0 Å². The van der Waals surface area contributed by atoms with Gasteiger partial charge in [-0.15, -0.1) is 0 Å². The zero-order chi connectivity index (χ0) is 16.2. The molecule has 0 unspecified atom stereocenters. The largest absolute Gasteiger partial charge is 0.494 e. The van der Waals surface area contributed by atoms with E-state index in [2.05, 4.69) is 29.1 Å². The first-order valence-corrected chi connectivity index (χ1v) is 7.46. The second kappa shape index (κ2) is 6.66. The molecule has 0 saturated heterocycles. The molecule has 3 rings (SSSR count). The summed E-state index contributed by atoms with van der Waals surface area (Å²) in [6.45, 7) is 2.87. The highest BCUT2D eigenvalue weighted by Gasteiger charge is 2.15. The van der Waals surface area contributed by atoms with E-state index >= 15 is 0 Å². The fraction of sp³-hybridized carbons (Fsp3) is 0.294. The third-order valence-corrected chi connectivity index (χ3v) is 3.95. The smallest absolute Gasteiger partial charge is 0.144 e. The number of aromatic nitrogens is 3. The molecule has 0 aliphatic carbocycles. The second-order valence-electron chi connectivity index (χ2n) is 5.48. The maximum Gasteiger partial charge on any atom is 0.144 e. The van der Waals surface area contributed by atoms with Gasteiger partial charge < -0.3 is 9.26 Å².